The SMILES string of the molecule is CCCS(=O)(=O)N1CCC(NC(=NCCc2ccc(CC)cc2)NCC)CC1. The lowest BCUT2D eigenvalue weighted by Crippen LogP contribution is -2.50. The van der Waals surface area contributed by atoms with Crippen LogP contribution in [0.3, 0.4) is 0 Å². The maximum Gasteiger partial charge on any atom is 0.214 e. The second kappa shape index (κ2) is 11.4. The van der Waals surface area contributed by atoms with Crippen LogP contribution in [0.15, 0.2) is 29.3 Å². The van der Waals surface area contributed by atoms with E-state index in [1.165, 1.54) is 11.1 Å². The van der Waals surface area contributed by atoms with Crippen molar-refractivity contribution in [2.45, 2.75) is 58.9 Å². The Bertz CT molecular complexity index is 708. The first kappa shape index (κ1) is 22.7. The topological polar surface area (TPSA) is 73.8 Å². The second-order valence-corrected chi connectivity index (χ2v) is 9.40. The molecule has 0 unspecified atom stereocenters. The minimum Gasteiger partial charge on any atom is -0.357 e. The summed E-state index contributed by atoms with van der Waals surface area (Å²) >= 11 is 0. The van der Waals surface area contributed by atoms with Gasteiger partial charge in [-0.15, -0.1) is 0 Å². The molecule has 0 aromatic heterocycles. The summed E-state index contributed by atoms with van der Waals surface area (Å²) < 4.78 is 26.0. The molecule has 2 rings (SSSR count). The lowest BCUT2D eigenvalue weighted by molar-refractivity contribution is 0.306. The zero-order valence-electron chi connectivity index (χ0n) is 17.6. The monoisotopic (exact) mass is 408 g/mol. The van der Waals surface area contributed by atoms with Crippen molar-refractivity contribution in [3.05, 3.63) is 35.4 Å². The summed E-state index contributed by atoms with van der Waals surface area (Å²) in [6.45, 7) is 8.83. The molecule has 158 valence electrons. The summed E-state index contributed by atoms with van der Waals surface area (Å²) in [5.74, 6) is 1.07. The number of hydrogen-bond acceptors (Lipinski definition) is 3. The van der Waals surface area contributed by atoms with Crippen LogP contribution in [-0.2, 0) is 22.9 Å². The van der Waals surface area contributed by atoms with E-state index in [-0.39, 0.29) is 11.8 Å². The number of hydrogen-bond donors (Lipinski definition) is 2. The number of aliphatic imine (C=N–C) groups is 1. The predicted octanol–water partition coefficient (Wildman–Crippen LogP) is 2.55. The Balaban J connectivity index is 1.84. The summed E-state index contributed by atoms with van der Waals surface area (Å²) in [5.41, 5.74) is 2.65. The fourth-order valence-corrected chi connectivity index (χ4v) is 4.96. The summed E-state index contributed by atoms with van der Waals surface area (Å²) in [6.07, 6.45) is 4.26. The lowest BCUT2D eigenvalue weighted by atomic mass is 10.1. The van der Waals surface area contributed by atoms with Crippen LogP contribution in [-0.4, -0.2) is 56.7 Å². The summed E-state index contributed by atoms with van der Waals surface area (Å²) in [4.78, 5) is 4.71. The predicted molar refractivity (Wildman–Crippen MR) is 117 cm³/mol. The molecule has 1 fully saturated rings. The van der Waals surface area contributed by atoms with Crippen molar-refractivity contribution in [1.29, 1.82) is 0 Å². The fourth-order valence-electron chi connectivity index (χ4n) is 3.42. The van der Waals surface area contributed by atoms with Crippen LogP contribution < -0.4 is 10.6 Å². The number of rotatable bonds is 9. The van der Waals surface area contributed by atoms with Gasteiger partial charge in [-0.3, -0.25) is 4.99 Å². The number of guanidine groups is 1. The molecule has 2 N–H and O–H groups in total. The summed E-state index contributed by atoms with van der Waals surface area (Å²) in [7, 11) is -3.09. The summed E-state index contributed by atoms with van der Waals surface area (Å²) in [6, 6.07) is 8.99. The zero-order chi connectivity index (χ0) is 20.4. The molecule has 7 heteroatoms. The van der Waals surface area contributed by atoms with Gasteiger partial charge in [0, 0.05) is 32.2 Å². The van der Waals surface area contributed by atoms with Gasteiger partial charge in [-0.25, -0.2) is 12.7 Å². The standard InChI is InChI=1S/C21H36N4O2S/c1-4-17-28(26,27)25-15-12-20(13-16-25)24-21(22-6-3)23-14-11-19-9-7-18(5-2)8-10-19/h7-10,20H,4-6,11-17H2,1-3H3,(H2,22,23,24). The molecule has 1 aromatic rings. The molecule has 1 aromatic carbocycles. The largest absolute Gasteiger partial charge is 0.357 e. The Morgan fingerprint density at radius 1 is 1.11 bits per heavy atom. The fraction of sp³-hybridized carbons (Fsp3) is 0.667. The van der Waals surface area contributed by atoms with Gasteiger partial charge in [-0.1, -0.05) is 38.1 Å². The van der Waals surface area contributed by atoms with E-state index in [1.807, 2.05) is 6.92 Å². The van der Waals surface area contributed by atoms with Gasteiger partial charge in [0.15, 0.2) is 5.96 Å². The van der Waals surface area contributed by atoms with Crippen LogP contribution in [0.25, 0.3) is 0 Å². The highest BCUT2D eigenvalue weighted by Crippen LogP contribution is 2.15. The quantitative estimate of drug-likeness (QED) is 0.486. The Morgan fingerprint density at radius 3 is 2.32 bits per heavy atom. The maximum absolute atomic E-state index is 12.2. The molecule has 1 saturated heterocycles. The smallest absolute Gasteiger partial charge is 0.214 e. The highest BCUT2D eigenvalue weighted by atomic mass is 32.2. The van der Waals surface area contributed by atoms with Crippen LogP contribution in [0.5, 0.6) is 0 Å². The van der Waals surface area contributed by atoms with Crippen LogP contribution in [0.2, 0.25) is 0 Å². The van der Waals surface area contributed by atoms with E-state index >= 15 is 0 Å². The van der Waals surface area contributed by atoms with Crippen molar-refractivity contribution >= 4 is 16.0 Å². The molecular weight excluding hydrogens is 372 g/mol. The van der Waals surface area contributed by atoms with E-state index in [0.29, 0.717) is 19.5 Å². The molecule has 0 bridgehead atoms. The number of piperidine rings is 1. The van der Waals surface area contributed by atoms with E-state index in [2.05, 4.69) is 48.7 Å². The van der Waals surface area contributed by atoms with Crippen molar-refractivity contribution < 1.29 is 8.42 Å². The van der Waals surface area contributed by atoms with Gasteiger partial charge in [-0.2, -0.15) is 0 Å². The number of aryl methyl sites for hydroxylation is 1. The number of sulfonamides is 1. The average Bonchev–Trinajstić information content (AvgIpc) is 2.69. The van der Waals surface area contributed by atoms with Gasteiger partial charge >= 0.3 is 0 Å². The third-order valence-corrected chi connectivity index (χ3v) is 7.17. The molecule has 28 heavy (non-hydrogen) atoms. The number of nitrogens with one attached hydrogen (secondary N) is 2. The van der Waals surface area contributed by atoms with Crippen molar-refractivity contribution in [1.82, 2.24) is 14.9 Å². The molecule has 1 heterocycles. The first-order valence-electron chi connectivity index (χ1n) is 10.6. The first-order valence-corrected chi connectivity index (χ1v) is 12.2. The Morgan fingerprint density at radius 2 is 1.75 bits per heavy atom. The molecule has 0 radical (unpaired) electrons. The van der Waals surface area contributed by atoms with Crippen LogP contribution in [0.1, 0.15) is 51.2 Å². The van der Waals surface area contributed by atoms with E-state index < -0.39 is 10.0 Å². The van der Waals surface area contributed by atoms with Crippen LogP contribution >= 0.6 is 0 Å². The normalized spacial score (nSPS) is 16.9. The Labute approximate surface area is 170 Å². The van der Waals surface area contributed by atoms with Gasteiger partial charge in [0.05, 0.1) is 5.75 Å². The van der Waals surface area contributed by atoms with Crippen molar-refractivity contribution in [3.63, 3.8) is 0 Å². The molecular formula is C21H36N4O2S. The van der Waals surface area contributed by atoms with E-state index in [4.69, 9.17) is 4.99 Å². The number of benzene rings is 1. The van der Waals surface area contributed by atoms with Gasteiger partial charge in [0.1, 0.15) is 0 Å². The summed E-state index contributed by atoms with van der Waals surface area (Å²) in [5, 5.41) is 6.79. The number of nitrogens with zero attached hydrogens (tertiary/aromatic N) is 2. The van der Waals surface area contributed by atoms with Crippen molar-refractivity contribution in [2.75, 3.05) is 31.9 Å². The van der Waals surface area contributed by atoms with Crippen molar-refractivity contribution in [3.8, 4) is 0 Å². The van der Waals surface area contributed by atoms with Gasteiger partial charge in [0.25, 0.3) is 0 Å². The van der Waals surface area contributed by atoms with E-state index in [0.717, 1.165) is 44.7 Å². The Hall–Kier alpha value is -1.60. The first-order chi connectivity index (χ1) is 13.5. The second-order valence-electron chi connectivity index (χ2n) is 7.31. The maximum atomic E-state index is 12.2. The molecule has 1 aliphatic heterocycles. The third-order valence-electron chi connectivity index (χ3n) is 5.10. The average molecular weight is 409 g/mol. The molecule has 0 aliphatic carbocycles. The van der Waals surface area contributed by atoms with E-state index in [1.54, 1.807) is 4.31 Å². The Kier molecular flexibility index (Phi) is 9.25. The zero-order valence-corrected chi connectivity index (χ0v) is 18.4. The molecule has 1 aliphatic rings. The van der Waals surface area contributed by atoms with Gasteiger partial charge in [-0.05, 0) is 50.2 Å². The molecule has 0 saturated carbocycles. The lowest BCUT2D eigenvalue weighted by Gasteiger charge is -2.32. The van der Waals surface area contributed by atoms with Gasteiger partial charge in [0.2, 0.25) is 10.0 Å². The molecule has 0 spiro atoms. The third kappa shape index (κ3) is 7.09. The van der Waals surface area contributed by atoms with Crippen molar-refractivity contribution in [2.24, 2.45) is 4.99 Å². The highest BCUT2D eigenvalue weighted by molar-refractivity contribution is 7.89. The molecule has 6 nitrogen and oxygen atoms in total. The molecule has 0 atom stereocenters. The van der Waals surface area contributed by atoms with Gasteiger partial charge < -0.3 is 10.6 Å². The molecule has 0 amide bonds. The van der Waals surface area contributed by atoms with E-state index in [9.17, 15) is 8.42 Å². The van der Waals surface area contributed by atoms with Crippen LogP contribution in [0, 0.1) is 0 Å². The minimum absolute atomic E-state index is 0.244. The van der Waals surface area contributed by atoms with Crippen LogP contribution in [0.4, 0.5) is 0 Å². The highest BCUT2D eigenvalue weighted by Gasteiger charge is 2.27. The minimum atomic E-state index is -3.09.